The minimum atomic E-state index is -0.296. The lowest BCUT2D eigenvalue weighted by Crippen LogP contribution is -2.36. The molecular formula is C17H20N2O2. The van der Waals surface area contributed by atoms with Gasteiger partial charge in [0.05, 0.1) is 17.7 Å². The average molecular weight is 284 g/mol. The molecular weight excluding hydrogens is 264 g/mol. The number of carbonyl (C=O) groups is 1. The van der Waals surface area contributed by atoms with E-state index in [0.29, 0.717) is 12.1 Å². The first-order valence-corrected chi connectivity index (χ1v) is 7.33. The van der Waals surface area contributed by atoms with Crippen molar-refractivity contribution in [3.05, 3.63) is 41.5 Å². The fraction of sp³-hybridized carbons (Fsp3) is 0.412. The summed E-state index contributed by atoms with van der Waals surface area (Å²) in [4.78, 5) is 11.8. The zero-order valence-corrected chi connectivity index (χ0v) is 12.0. The molecule has 1 aromatic carbocycles. The molecule has 4 heteroatoms. The van der Waals surface area contributed by atoms with Crippen molar-refractivity contribution in [3.8, 4) is 6.07 Å². The molecule has 4 nitrogen and oxygen atoms in total. The number of rotatable bonds is 4. The van der Waals surface area contributed by atoms with Crippen LogP contribution < -0.4 is 5.32 Å². The number of hydrogen-bond acceptors (Lipinski definition) is 3. The second kappa shape index (κ2) is 7.61. The highest BCUT2D eigenvalue weighted by Gasteiger charge is 2.22. The lowest BCUT2D eigenvalue weighted by molar-refractivity contribution is -0.116. The van der Waals surface area contributed by atoms with Crippen LogP contribution in [0.1, 0.15) is 36.8 Å². The molecule has 21 heavy (non-hydrogen) atoms. The number of aliphatic hydroxyl groups excluding tert-OH is 1. The molecule has 2 N–H and O–H groups in total. The number of carbonyl (C=O) groups excluding carboxylic acids is 1. The third-order valence-electron chi connectivity index (χ3n) is 3.85. The summed E-state index contributed by atoms with van der Waals surface area (Å²) in [6.07, 6.45) is 6.84. The molecule has 2 unspecified atom stereocenters. The molecule has 1 saturated carbocycles. The maximum Gasteiger partial charge on any atom is 0.244 e. The van der Waals surface area contributed by atoms with Gasteiger partial charge in [-0.05, 0) is 36.6 Å². The monoisotopic (exact) mass is 284 g/mol. The van der Waals surface area contributed by atoms with E-state index in [1.165, 1.54) is 6.08 Å². The highest BCUT2D eigenvalue weighted by molar-refractivity contribution is 5.91. The number of amides is 1. The van der Waals surface area contributed by atoms with E-state index in [2.05, 4.69) is 11.4 Å². The van der Waals surface area contributed by atoms with Crippen LogP contribution >= 0.6 is 0 Å². The lowest BCUT2D eigenvalue weighted by Gasteiger charge is -2.27. The van der Waals surface area contributed by atoms with Crippen LogP contribution in [0, 0.1) is 17.2 Å². The van der Waals surface area contributed by atoms with E-state index >= 15 is 0 Å². The van der Waals surface area contributed by atoms with E-state index in [0.717, 1.165) is 31.2 Å². The quantitative estimate of drug-likeness (QED) is 0.833. The summed E-state index contributed by atoms with van der Waals surface area (Å²) in [5.74, 6) is -0.00634. The fourth-order valence-corrected chi connectivity index (χ4v) is 2.60. The molecule has 110 valence electrons. The molecule has 1 aliphatic rings. The molecule has 1 amide bonds. The van der Waals surface area contributed by atoms with Crippen LogP contribution in [-0.2, 0) is 4.79 Å². The van der Waals surface area contributed by atoms with E-state index in [1.54, 1.807) is 24.3 Å². The van der Waals surface area contributed by atoms with Crippen LogP contribution in [0.25, 0.3) is 6.08 Å². The topological polar surface area (TPSA) is 73.1 Å². The average Bonchev–Trinajstić information content (AvgIpc) is 2.52. The number of aliphatic hydroxyl groups is 1. The number of hydrogen-bond donors (Lipinski definition) is 2. The summed E-state index contributed by atoms with van der Waals surface area (Å²) >= 11 is 0. The van der Waals surface area contributed by atoms with E-state index in [4.69, 9.17) is 5.26 Å². The molecule has 0 bridgehead atoms. The van der Waals surface area contributed by atoms with Gasteiger partial charge in [0.15, 0.2) is 0 Å². The fourth-order valence-electron chi connectivity index (χ4n) is 2.60. The van der Waals surface area contributed by atoms with Crippen LogP contribution in [0.2, 0.25) is 0 Å². The standard InChI is InChI=1S/C17H20N2O2/c18-11-14-5-3-4-13(10-14)8-9-17(21)19-12-15-6-1-2-7-16(15)20/h3-5,8-10,15-16,20H,1-2,6-7,12H2,(H,19,21). The summed E-state index contributed by atoms with van der Waals surface area (Å²) in [7, 11) is 0. The summed E-state index contributed by atoms with van der Waals surface area (Å²) < 4.78 is 0. The Hall–Kier alpha value is -2.12. The van der Waals surface area contributed by atoms with Crippen LogP contribution in [0.3, 0.4) is 0 Å². The van der Waals surface area contributed by atoms with Gasteiger partial charge in [-0.3, -0.25) is 4.79 Å². The molecule has 2 rings (SSSR count). The van der Waals surface area contributed by atoms with Gasteiger partial charge < -0.3 is 10.4 Å². The Morgan fingerprint density at radius 3 is 3.00 bits per heavy atom. The first-order valence-electron chi connectivity index (χ1n) is 7.33. The van der Waals surface area contributed by atoms with Crippen LogP contribution in [0.15, 0.2) is 30.3 Å². The third kappa shape index (κ3) is 4.73. The molecule has 1 aromatic rings. The Balaban J connectivity index is 1.83. The smallest absolute Gasteiger partial charge is 0.244 e. The van der Waals surface area contributed by atoms with Gasteiger partial charge in [-0.2, -0.15) is 5.26 Å². The van der Waals surface area contributed by atoms with E-state index < -0.39 is 0 Å². The van der Waals surface area contributed by atoms with Gasteiger partial charge in [0.2, 0.25) is 5.91 Å². The van der Waals surface area contributed by atoms with Crippen molar-refractivity contribution in [1.82, 2.24) is 5.32 Å². The van der Waals surface area contributed by atoms with E-state index in [1.807, 2.05) is 6.07 Å². The van der Waals surface area contributed by atoms with Crippen molar-refractivity contribution in [2.24, 2.45) is 5.92 Å². The van der Waals surface area contributed by atoms with Crippen LogP contribution in [0.5, 0.6) is 0 Å². The van der Waals surface area contributed by atoms with Gasteiger partial charge in [0, 0.05) is 18.5 Å². The molecule has 0 aliphatic heterocycles. The van der Waals surface area contributed by atoms with Crippen LogP contribution in [-0.4, -0.2) is 23.7 Å². The number of nitrogens with one attached hydrogen (secondary N) is 1. The molecule has 1 fully saturated rings. The summed E-state index contributed by atoms with van der Waals surface area (Å²) in [6.45, 7) is 0.516. The minimum Gasteiger partial charge on any atom is -0.393 e. The predicted octanol–water partition coefficient (Wildman–Crippen LogP) is 2.24. The van der Waals surface area contributed by atoms with Crippen molar-refractivity contribution in [3.63, 3.8) is 0 Å². The predicted molar refractivity (Wildman–Crippen MR) is 81.2 cm³/mol. The van der Waals surface area contributed by atoms with Crippen LogP contribution in [0.4, 0.5) is 0 Å². The summed E-state index contributed by atoms with van der Waals surface area (Å²) in [5.41, 5.74) is 1.39. The summed E-state index contributed by atoms with van der Waals surface area (Å²) in [5, 5.41) is 21.5. The largest absolute Gasteiger partial charge is 0.393 e. The molecule has 1 aliphatic carbocycles. The third-order valence-corrected chi connectivity index (χ3v) is 3.85. The van der Waals surface area contributed by atoms with Gasteiger partial charge in [-0.1, -0.05) is 25.0 Å². The number of nitriles is 1. The molecule has 0 saturated heterocycles. The Labute approximate surface area is 125 Å². The van der Waals surface area contributed by atoms with Crippen molar-refractivity contribution in [2.45, 2.75) is 31.8 Å². The maximum absolute atomic E-state index is 11.8. The second-order valence-electron chi connectivity index (χ2n) is 5.43. The molecule has 2 atom stereocenters. The molecule has 0 aromatic heterocycles. The van der Waals surface area contributed by atoms with Gasteiger partial charge >= 0.3 is 0 Å². The Morgan fingerprint density at radius 1 is 1.43 bits per heavy atom. The summed E-state index contributed by atoms with van der Waals surface area (Å²) in [6, 6.07) is 9.15. The number of benzene rings is 1. The highest BCUT2D eigenvalue weighted by atomic mass is 16.3. The molecule has 0 heterocycles. The Bertz CT molecular complexity index is 560. The first-order chi connectivity index (χ1) is 10.2. The van der Waals surface area contributed by atoms with Crippen molar-refractivity contribution in [1.29, 1.82) is 5.26 Å². The van der Waals surface area contributed by atoms with Gasteiger partial charge in [-0.15, -0.1) is 0 Å². The lowest BCUT2D eigenvalue weighted by atomic mass is 9.86. The Kier molecular flexibility index (Phi) is 5.53. The normalized spacial score (nSPS) is 21.9. The van der Waals surface area contributed by atoms with Crippen molar-refractivity contribution in [2.75, 3.05) is 6.54 Å². The second-order valence-corrected chi connectivity index (χ2v) is 5.43. The van der Waals surface area contributed by atoms with E-state index in [-0.39, 0.29) is 17.9 Å². The van der Waals surface area contributed by atoms with Gasteiger partial charge in [-0.25, -0.2) is 0 Å². The zero-order valence-electron chi connectivity index (χ0n) is 12.0. The molecule has 0 radical (unpaired) electrons. The zero-order chi connectivity index (χ0) is 15.1. The van der Waals surface area contributed by atoms with Crippen molar-refractivity contribution >= 4 is 12.0 Å². The minimum absolute atomic E-state index is 0.165. The SMILES string of the molecule is N#Cc1cccc(C=CC(=O)NCC2CCCCC2O)c1. The molecule has 0 spiro atoms. The van der Waals surface area contributed by atoms with Gasteiger partial charge in [0.1, 0.15) is 0 Å². The Morgan fingerprint density at radius 2 is 2.24 bits per heavy atom. The highest BCUT2D eigenvalue weighted by Crippen LogP contribution is 2.23. The van der Waals surface area contributed by atoms with Crippen molar-refractivity contribution < 1.29 is 9.90 Å². The number of nitrogens with zero attached hydrogens (tertiary/aromatic N) is 1. The first kappa shape index (κ1) is 15.3. The maximum atomic E-state index is 11.8. The van der Waals surface area contributed by atoms with Gasteiger partial charge in [0.25, 0.3) is 0 Å². The van der Waals surface area contributed by atoms with E-state index in [9.17, 15) is 9.90 Å².